The van der Waals surface area contributed by atoms with Crippen LogP contribution in [0.25, 0.3) is 5.82 Å². The molecule has 0 spiro atoms. The van der Waals surface area contributed by atoms with Gasteiger partial charge in [0.2, 0.25) is 5.95 Å². The summed E-state index contributed by atoms with van der Waals surface area (Å²) in [4.78, 5) is 9.33. The van der Waals surface area contributed by atoms with E-state index in [0.29, 0.717) is 5.95 Å². The first-order valence-corrected chi connectivity index (χ1v) is 8.47. The molecule has 0 amide bonds. The van der Waals surface area contributed by atoms with Crippen molar-refractivity contribution in [3.05, 3.63) is 60.0 Å². The fraction of sp³-hybridized carbons (Fsp3) is 0.263. The second-order valence-electron chi connectivity index (χ2n) is 6.06. The molecule has 4 rings (SSSR count). The first kappa shape index (κ1) is 14.8. The highest BCUT2D eigenvalue weighted by molar-refractivity contribution is 5.66. The molecule has 1 aromatic carbocycles. The van der Waals surface area contributed by atoms with Crippen LogP contribution in [0.4, 0.5) is 17.3 Å². The number of benzene rings is 1. The summed E-state index contributed by atoms with van der Waals surface area (Å²) in [5, 5.41) is 6.77. The Hall–Kier alpha value is -2.82. The molecule has 0 fully saturated rings. The lowest BCUT2D eigenvalue weighted by atomic mass is 10.1. The minimum Gasteiger partial charge on any atom is -0.384 e. The smallest absolute Gasteiger partial charge is 0.229 e. The lowest BCUT2D eigenvalue weighted by Crippen LogP contribution is -2.05. The van der Waals surface area contributed by atoms with Gasteiger partial charge in [-0.1, -0.05) is 19.4 Å². The largest absolute Gasteiger partial charge is 0.384 e. The van der Waals surface area contributed by atoms with E-state index in [-0.39, 0.29) is 0 Å². The van der Waals surface area contributed by atoms with E-state index in [9.17, 15) is 0 Å². The summed E-state index contributed by atoms with van der Waals surface area (Å²) in [6.07, 6.45) is 7.10. The molecule has 24 heavy (non-hydrogen) atoms. The van der Waals surface area contributed by atoms with Crippen LogP contribution in [-0.2, 0) is 12.8 Å². The Labute approximate surface area is 141 Å². The van der Waals surface area contributed by atoms with Crippen LogP contribution < -0.4 is 10.6 Å². The lowest BCUT2D eigenvalue weighted by molar-refractivity contribution is 0.862. The molecule has 3 heterocycles. The van der Waals surface area contributed by atoms with Gasteiger partial charge in [0.05, 0.1) is 0 Å². The Morgan fingerprint density at radius 1 is 1.17 bits per heavy atom. The summed E-state index contributed by atoms with van der Waals surface area (Å²) < 4.78 is 2.01. The van der Waals surface area contributed by atoms with Crippen LogP contribution in [0.2, 0.25) is 0 Å². The maximum Gasteiger partial charge on any atom is 0.229 e. The molecule has 0 atom stereocenters. The Morgan fingerprint density at radius 3 is 2.88 bits per heavy atom. The van der Waals surface area contributed by atoms with Crippen LogP contribution in [0.15, 0.2) is 48.8 Å². The highest BCUT2D eigenvalue weighted by Crippen LogP contribution is 2.27. The van der Waals surface area contributed by atoms with Crippen LogP contribution in [0.1, 0.15) is 24.6 Å². The van der Waals surface area contributed by atoms with Gasteiger partial charge in [-0.15, -0.1) is 0 Å². The van der Waals surface area contributed by atoms with Gasteiger partial charge < -0.3 is 15.2 Å². The molecular weight excluding hydrogens is 298 g/mol. The normalized spacial score (nSPS) is 12.7. The van der Waals surface area contributed by atoms with Crippen LogP contribution in [0.3, 0.4) is 0 Å². The van der Waals surface area contributed by atoms with E-state index in [1.165, 1.54) is 11.3 Å². The van der Waals surface area contributed by atoms with Crippen molar-refractivity contribution in [1.29, 1.82) is 0 Å². The second-order valence-corrected chi connectivity index (χ2v) is 6.06. The van der Waals surface area contributed by atoms with Gasteiger partial charge in [-0.2, -0.15) is 4.98 Å². The number of fused-ring (bicyclic) bond motifs is 1. The first-order chi connectivity index (χ1) is 11.8. The molecule has 0 saturated carbocycles. The number of hydrogen-bond donors (Lipinski definition) is 2. The summed E-state index contributed by atoms with van der Waals surface area (Å²) in [6, 6.07) is 12.5. The van der Waals surface area contributed by atoms with Gasteiger partial charge in [0.1, 0.15) is 5.82 Å². The topological polar surface area (TPSA) is 54.8 Å². The van der Waals surface area contributed by atoms with Gasteiger partial charge in [-0.25, -0.2) is 4.98 Å². The Kier molecular flexibility index (Phi) is 3.91. The first-order valence-electron chi connectivity index (χ1n) is 8.47. The molecule has 1 aliphatic heterocycles. The predicted molar refractivity (Wildman–Crippen MR) is 97.3 cm³/mol. The second kappa shape index (κ2) is 6.35. The summed E-state index contributed by atoms with van der Waals surface area (Å²) >= 11 is 0. The van der Waals surface area contributed by atoms with Crippen molar-refractivity contribution in [3.8, 4) is 5.82 Å². The summed E-state index contributed by atoms with van der Waals surface area (Å²) in [5.41, 5.74) is 4.64. The van der Waals surface area contributed by atoms with E-state index in [1.54, 1.807) is 0 Å². The zero-order valence-corrected chi connectivity index (χ0v) is 13.8. The highest BCUT2D eigenvalue weighted by Gasteiger charge is 2.11. The maximum absolute atomic E-state index is 4.67. The quantitative estimate of drug-likeness (QED) is 0.748. The molecule has 0 aliphatic carbocycles. The van der Waals surface area contributed by atoms with Crippen molar-refractivity contribution in [1.82, 2.24) is 14.5 Å². The van der Waals surface area contributed by atoms with Gasteiger partial charge in [0.15, 0.2) is 0 Å². The Morgan fingerprint density at radius 2 is 2.04 bits per heavy atom. The molecule has 0 bridgehead atoms. The molecule has 122 valence electrons. The average molecular weight is 319 g/mol. The molecule has 0 unspecified atom stereocenters. The van der Waals surface area contributed by atoms with Crippen molar-refractivity contribution in [2.45, 2.75) is 26.2 Å². The van der Waals surface area contributed by atoms with Gasteiger partial charge in [0.25, 0.3) is 0 Å². The van der Waals surface area contributed by atoms with Crippen LogP contribution in [0.5, 0.6) is 0 Å². The number of hydrogen-bond acceptors (Lipinski definition) is 4. The molecule has 5 heteroatoms. The van der Waals surface area contributed by atoms with E-state index >= 15 is 0 Å². The van der Waals surface area contributed by atoms with Crippen LogP contribution >= 0.6 is 0 Å². The lowest BCUT2D eigenvalue weighted by Gasteiger charge is -2.11. The van der Waals surface area contributed by atoms with E-state index in [2.05, 4.69) is 51.8 Å². The molecule has 1 aliphatic rings. The maximum atomic E-state index is 4.67. The third-order valence-electron chi connectivity index (χ3n) is 4.22. The third kappa shape index (κ3) is 2.97. The SMILES string of the molecule is CCCc1cc(-n2cccc2)nc(Nc2ccc3c(c2)NCC3)n1. The van der Waals surface area contributed by atoms with Crippen molar-refractivity contribution in [2.24, 2.45) is 0 Å². The fourth-order valence-corrected chi connectivity index (χ4v) is 3.04. The molecular formula is C19H21N5. The number of nitrogens with zero attached hydrogens (tertiary/aromatic N) is 3. The number of rotatable bonds is 5. The predicted octanol–water partition coefficient (Wildman–Crippen LogP) is 3.93. The standard InChI is InChI=1S/C19H21N5/c1-2-5-15-13-18(24-10-3-4-11-24)23-19(21-15)22-16-7-6-14-8-9-20-17(14)12-16/h3-4,6-7,10-13,20H,2,5,8-9H2,1H3,(H,21,22,23). The van der Waals surface area contributed by atoms with Crippen LogP contribution in [0, 0.1) is 0 Å². The zero-order chi connectivity index (χ0) is 16.4. The number of nitrogens with one attached hydrogen (secondary N) is 2. The summed E-state index contributed by atoms with van der Waals surface area (Å²) in [5.74, 6) is 1.53. The van der Waals surface area contributed by atoms with Crippen molar-refractivity contribution in [2.75, 3.05) is 17.2 Å². The molecule has 3 aromatic rings. The Balaban J connectivity index is 1.66. The third-order valence-corrected chi connectivity index (χ3v) is 4.22. The van der Waals surface area contributed by atoms with E-state index in [4.69, 9.17) is 0 Å². The highest BCUT2D eigenvalue weighted by atomic mass is 15.2. The monoisotopic (exact) mass is 319 g/mol. The minimum atomic E-state index is 0.641. The van der Waals surface area contributed by atoms with Gasteiger partial charge in [-0.3, -0.25) is 0 Å². The summed E-state index contributed by atoms with van der Waals surface area (Å²) in [6.45, 7) is 3.18. The van der Waals surface area contributed by atoms with Crippen LogP contribution in [-0.4, -0.2) is 21.1 Å². The van der Waals surface area contributed by atoms with Gasteiger partial charge in [0, 0.05) is 42.1 Å². The molecule has 5 nitrogen and oxygen atoms in total. The van der Waals surface area contributed by atoms with E-state index in [0.717, 1.165) is 43.0 Å². The van der Waals surface area contributed by atoms with Crippen molar-refractivity contribution in [3.63, 3.8) is 0 Å². The molecule has 2 aromatic heterocycles. The number of anilines is 3. The average Bonchev–Trinajstić information content (AvgIpc) is 3.26. The molecule has 0 saturated heterocycles. The van der Waals surface area contributed by atoms with Gasteiger partial charge in [-0.05, 0) is 42.7 Å². The van der Waals surface area contributed by atoms with E-state index in [1.807, 2.05) is 29.1 Å². The Bertz CT molecular complexity index is 839. The van der Waals surface area contributed by atoms with Gasteiger partial charge >= 0.3 is 0 Å². The molecule has 2 N–H and O–H groups in total. The molecule has 0 radical (unpaired) electrons. The zero-order valence-electron chi connectivity index (χ0n) is 13.8. The fourth-order valence-electron chi connectivity index (χ4n) is 3.04. The van der Waals surface area contributed by atoms with Crippen molar-refractivity contribution >= 4 is 17.3 Å². The van der Waals surface area contributed by atoms with E-state index < -0.39 is 0 Å². The van der Waals surface area contributed by atoms with Crippen molar-refractivity contribution < 1.29 is 0 Å². The number of aryl methyl sites for hydroxylation is 1. The number of aromatic nitrogens is 3. The summed E-state index contributed by atoms with van der Waals surface area (Å²) in [7, 11) is 0. The minimum absolute atomic E-state index is 0.641.